The normalized spacial score (nSPS) is 11.5. The molecular formula is C11H8ClN3O2S. The molecule has 0 atom stereocenters. The van der Waals surface area contributed by atoms with E-state index in [9.17, 15) is 4.79 Å². The third-order valence-corrected chi connectivity index (χ3v) is 3.28. The van der Waals surface area contributed by atoms with Gasteiger partial charge in [-0.25, -0.2) is 4.98 Å². The summed E-state index contributed by atoms with van der Waals surface area (Å²) >= 11 is 6.96. The van der Waals surface area contributed by atoms with E-state index in [1.165, 1.54) is 11.3 Å². The first kappa shape index (κ1) is 12.5. The van der Waals surface area contributed by atoms with Crippen LogP contribution in [0, 0.1) is 0 Å². The van der Waals surface area contributed by atoms with Crippen molar-refractivity contribution >= 4 is 34.6 Å². The van der Waals surface area contributed by atoms with Crippen molar-refractivity contribution in [3.05, 3.63) is 39.7 Å². The van der Waals surface area contributed by atoms with E-state index in [0.29, 0.717) is 10.7 Å². The fraction of sp³-hybridized carbons (Fsp3) is 0. The molecule has 2 aromatic rings. The van der Waals surface area contributed by atoms with Gasteiger partial charge in [0, 0.05) is 16.0 Å². The molecule has 18 heavy (non-hydrogen) atoms. The summed E-state index contributed by atoms with van der Waals surface area (Å²) < 4.78 is 0. The number of oxime groups is 1. The SMILES string of the molecule is NC(=O)/C(=N\O)c1nc(-c2ccc(Cl)cc2)cs1. The predicted molar refractivity (Wildman–Crippen MR) is 70.1 cm³/mol. The Morgan fingerprint density at radius 1 is 1.39 bits per heavy atom. The number of nitrogens with two attached hydrogens (primary N) is 1. The Morgan fingerprint density at radius 3 is 2.61 bits per heavy atom. The number of hydrogen-bond donors (Lipinski definition) is 2. The molecule has 1 aromatic carbocycles. The zero-order chi connectivity index (χ0) is 13.1. The molecule has 7 heteroatoms. The summed E-state index contributed by atoms with van der Waals surface area (Å²) in [4.78, 5) is 15.2. The van der Waals surface area contributed by atoms with Crippen LogP contribution in [0.15, 0.2) is 34.8 Å². The number of rotatable bonds is 3. The Labute approximate surface area is 112 Å². The van der Waals surface area contributed by atoms with Gasteiger partial charge in [0.25, 0.3) is 5.91 Å². The molecule has 1 heterocycles. The lowest BCUT2D eigenvalue weighted by Crippen LogP contribution is -2.24. The number of aromatic nitrogens is 1. The predicted octanol–water partition coefficient (Wildman–Crippen LogP) is 2.13. The van der Waals surface area contributed by atoms with E-state index >= 15 is 0 Å². The lowest BCUT2D eigenvalue weighted by molar-refractivity contribution is -0.112. The molecule has 0 aliphatic heterocycles. The molecule has 3 N–H and O–H groups in total. The van der Waals surface area contributed by atoms with Gasteiger partial charge in [-0.3, -0.25) is 4.79 Å². The van der Waals surface area contributed by atoms with E-state index in [2.05, 4.69) is 10.1 Å². The van der Waals surface area contributed by atoms with Crippen molar-refractivity contribution in [3.63, 3.8) is 0 Å². The number of carbonyl (C=O) groups excluding carboxylic acids is 1. The van der Waals surface area contributed by atoms with Crippen LogP contribution in [-0.2, 0) is 4.79 Å². The van der Waals surface area contributed by atoms with Gasteiger partial charge in [0.1, 0.15) is 0 Å². The molecule has 0 saturated heterocycles. The molecule has 0 saturated carbocycles. The minimum atomic E-state index is -0.825. The van der Waals surface area contributed by atoms with Crippen LogP contribution in [0.4, 0.5) is 0 Å². The van der Waals surface area contributed by atoms with E-state index in [1.54, 1.807) is 29.6 Å². The summed E-state index contributed by atoms with van der Waals surface area (Å²) in [5.74, 6) is -0.825. The highest BCUT2D eigenvalue weighted by Crippen LogP contribution is 2.23. The lowest BCUT2D eigenvalue weighted by atomic mass is 10.2. The molecule has 0 bridgehead atoms. The minimum Gasteiger partial charge on any atom is -0.410 e. The van der Waals surface area contributed by atoms with Gasteiger partial charge >= 0.3 is 0 Å². The van der Waals surface area contributed by atoms with E-state index in [4.69, 9.17) is 22.5 Å². The van der Waals surface area contributed by atoms with Crippen LogP contribution in [0.2, 0.25) is 5.02 Å². The quantitative estimate of drug-likeness (QED) is 0.513. The fourth-order valence-corrected chi connectivity index (χ4v) is 2.28. The van der Waals surface area contributed by atoms with Crippen LogP contribution in [0.25, 0.3) is 11.3 Å². The van der Waals surface area contributed by atoms with Crippen molar-refractivity contribution < 1.29 is 10.0 Å². The summed E-state index contributed by atoms with van der Waals surface area (Å²) in [6.07, 6.45) is 0. The van der Waals surface area contributed by atoms with Gasteiger partial charge in [0.05, 0.1) is 5.69 Å². The molecule has 0 spiro atoms. The second-order valence-electron chi connectivity index (χ2n) is 3.36. The number of benzene rings is 1. The van der Waals surface area contributed by atoms with Crippen LogP contribution in [0.3, 0.4) is 0 Å². The van der Waals surface area contributed by atoms with E-state index in [-0.39, 0.29) is 10.7 Å². The van der Waals surface area contributed by atoms with Crippen molar-refractivity contribution in [1.29, 1.82) is 0 Å². The molecule has 2 rings (SSSR count). The molecule has 0 fully saturated rings. The number of amides is 1. The summed E-state index contributed by atoms with van der Waals surface area (Å²) in [5.41, 5.74) is 6.33. The first-order valence-electron chi connectivity index (χ1n) is 4.85. The first-order valence-corrected chi connectivity index (χ1v) is 6.11. The number of primary amides is 1. The maximum absolute atomic E-state index is 11.0. The van der Waals surface area contributed by atoms with Crippen molar-refractivity contribution in [2.45, 2.75) is 0 Å². The molecule has 0 aliphatic rings. The maximum Gasteiger partial charge on any atom is 0.273 e. The van der Waals surface area contributed by atoms with E-state index < -0.39 is 5.91 Å². The number of nitrogens with zero attached hydrogens (tertiary/aromatic N) is 2. The van der Waals surface area contributed by atoms with Gasteiger partial charge in [-0.2, -0.15) is 0 Å². The van der Waals surface area contributed by atoms with E-state index in [0.717, 1.165) is 5.56 Å². The molecule has 0 radical (unpaired) electrons. The van der Waals surface area contributed by atoms with Crippen LogP contribution in [0.5, 0.6) is 0 Å². The van der Waals surface area contributed by atoms with Gasteiger partial charge in [0.2, 0.25) is 5.71 Å². The van der Waals surface area contributed by atoms with Gasteiger partial charge in [-0.05, 0) is 12.1 Å². The number of hydrogen-bond acceptors (Lipinski definition) is 5. The largest absolute Gasteiger partial charge is 0.410 e. The van der Waals surface area contributed by atoms with Gasteiger partial charge in [-0.1, -0.05) is 28.9 Å². The summed E-state index contributed by atoms with van der Waals surface area (Å²) in [6.45, 7) is 0. The third kappa shape index (κ3) is 2.49. The Bertz CT molecular complexity index is 607. The highest BCUT2D eigenvalue weighted by molar-refractivity contribution is 7.13. The number of carbonyl (C=O) groups is 1. The molecule has 92 valence electrons. The van der Waals surface area contributed by atoms with Crippen LogP contribution in [0.1, 0.15) is 5.01 Å². The topological polar surface area (TPSA) is 88.6 Å². The Hall–Kier alpha value is -1.92. The van der Waals surface area contributed by atoms with Gasteiger partial charge < -0.3 is 10.9 Å². The van der Waals surface area contributed by atoms with Crippen molar-refractivity contribution in [2.75, 3.05) is 0 Å². The smallest absolute Gasteiger partial charge is 0.273 e. The number of thiazole rings is 1. The summed E-state index contributed by atoms with van der Waals surface area (Å²) in [5, 5.41) is 14.2. The van der Waals surface area contributed by atoms with Crippen molar-refractivity contribution in [1.82, 2.24) is 4.98 Å². The lowest BCUT2D eigenvalue weighted by Gasteiger charge is -1.96. The third-order valence-electron chi connectivity index (χ3n) is 2.18. The fourth-order valence-electron chi connectivity index (χ4n) is 1.33. The minimum absolute atomic E-state index is 0.250. The highest BCUT2D eigenvalue weighted by Gasteiger charge is 2.16. The van der Waals surface area contributed by atoms with Crippen LogP contribution < -0.4 is 5.73 Å². The van der Waals surface area contributed by atoms with Gasteiger partial charge in [0.15, 0.2) is 5.01 Å². The summed E-state index contributed by atoms with van der Waals surface area (Å²) in [6, 6.07) is 7.10. The standard InChI is InChI=1S/C11H8ClN3O2S/c12-7-3-1-6(2-4-7)8-5-18-11(14-8)9(15-17)10(13)16/h1-5,17H,(H2,13,16)/b15-9+. The Morgan fingerprint density at radius 2 is 2.06 bits per heavy atom. The van der Waals surface area contributed by atoms with Crippen molar-refractivity contribution in [2.24, 2.45) is 10.9 Å². The average Bonchev–Trinajstić information content (AvgIpc) is 2.80. The Balaban J connectivity index is 2.36. The Kier molecular flexibility index (Phi) is 3.59. The molecular weight excluding hydrogens is 274 g/mol. The molecule has 5 nitrogen and oxygen atoms in total. The maximum atomic E-state index is 11.0. The second kappa shape index (κ2) is 5.16. The first-order chi connectivity index (χ1) is 8.61. The molecule has 1 aromatic heterocycles. The zero-order valence-corrected chi connectivity index (χ0v) is 10.6. The molecule has 0 unspecified atom stereocenters. The van der Waals surface area contributed by atoms with Crippen LogP contribution >= 0.6 is 22.9 Å². The monoisotopic (exact) mass is 281 g/mol. The van der Waals surface area contributed by atoms with E-state index in [1.807, 2.05) is 0 Å². The highest BCUT2D eigenvalue weighted by atomic mass is 35.5. The average molecular weight is 282 g/mol. The molecule has 0 aliphatic carbocycles. The summed E-state index contributed by atoms with van der Waals surface area (Å²) in [7, 11) is 0. The zero-order valence-electron chi connectivity index (χ0n) is 9.00. The second-order valence-corrected chi connectivity index (χ2v) is 4.65. The van der Waals surface area contributed by atoms with Gasteiger partial charge in [-0.15, -0.1) is 11.3 Å². The van der Waals surface area contributed by atoms with Crippen molar-refractivity contribution in [3.8, 4) is 11.3 Å². The van der Waals surface area contributed by atoms with Crippen LogP contribution in [-0.4, -0.2) is 21.8 Å². The number of halogens is 1. The molecule has 1 amide bonds.